The van der Waals surface area contributed by atoms with Gasteiger partial charge in [0.1, 0.15) is 0 Å². The summed E-state index contributed by atoms with van der Waals surface area (Å²) < 4.78 is 2.16. The zero-order chi connectivity index (χ0) is 17.4. The molecule has 0 unspecified atom stereocenters. The Labute approximate surface area is 141 Å². The van der Waals surface area contributed by atoms with Gasteiger partial charge in [-0.2, -0.15) is 0 Å². The van der Waals surface area contributed by atoms with Crippen LogP contribution in [0.2, 0.25) is 18.1 Å². The van der Waals surface area contributed by atoms with Gasteiger partial charge in [-0.15, -0.1) is 0 Å². The van der Waals surface area contributed by atoms with E-state index in [2.05, 4.69) is 57.1 Å². The van der Waals surface area contributed by atoms with Crippen molar-refractivity contribution in [2.45, 2.75) is 51.4 Å². The molecule has 2 rings (SSSR count). The van der Waals surface area contributed by atoms with E-state index < -0.39 is 8.24 Å². The highest BCUT2D eigenvalue weighted by Gasteiger charge is 2.57. The first-order valence-corrected chi connectivity index (χ1v) is 11.2. The van der Waals surface area contributed by atoms with Gasteiger partial charge in [0.15, 0.2) is 8.24 Å². The van der Waals surface area contributed by atoms with E-state index in [0.717, 1.165) is 5.57 Å². The highest BCUT2D eigenvalue weighted by atomic mass is 28.3. The Morgan fingerprint density at radius 2 is 1.83 bits per heavy atom. The minimum atomic E-state index is -1.94. The summed E-state index contributed by atoms with van der Waals surface area (Å²) in [5.41, 5.74) is 1.92. The molecule has 1 N–H and O–H groups in total. The van der Waals surface area contributed by atoms with E-state index in [1.54, 1.807) is 0 Å². The van der Waals surface area contributed by atoms with Gasteiger partial charge in [-0.1, -0.05) is 76.3 Å². The molecule has 126 valence electrons. The fourth-order valence-electron chi connectivity index (χ4n) is 3.14. The highest BCUT2D eigenvalue weighted by Crippen LogP contribution is 2.51. The zero-order valence-electron chi connectivity index (χ0n) is 15.0. The van der Waals surface area contributed by atoms with Gasteiger partial charge in [-0.25, -0.2) is 0 Å². The minimum absolute atomic E-state index is 0.0502. The van der Waals surface area contributed by atoms with E-state index in [9.17, 15) is 9.90 Å². The van der Waals surface area contributed by atoms with Crippen LogP contribution in [0, 0.1) is 5.92 Å². The lowest BCUT2D eigenvalue weighted by molar-refractivity contribution is -0.148. The average Bonchev–Trinajstić information content (AvgIpc) is 2.48. The van der Waals surface area contributed by atoms with Crippen LogP contribution >= 0.6 is 0 Å². The molecule has 4 heteroatoms. The molecule has 0 saturated carbocycles. The van der Waals surface area contributed by atoms with Crippen LogP contribution in [0.5, 0.6) is 0 Å². The van der Waals surface area contributed by atoms with Crippen LogP contribution in [0.4, 0.5) is 0 Å². The van der Waals surface area contributed by atoms with Gasteiger partial charge in [-0.05, 0) is 17.0 Å². The number of hydrogen-bond donors (Lipinski definition) is 1. The topological polar surface area (TPSA) is 40.5 Å². The van der Waals surface area contributed by atoms with Crippen LogP contribution in [-0.4, -0.2) is 30.4 Å². The Morgan fingerprint density at radius 3 is 2.30 bits per heavy atom. The van der Waals surface area contributed by atoms with Crippen molar-refractivity contribution in [3.8, 4) is 0 Å². The lowest BCUT2D eigenvalue weighted by Crippen LogP contribution is -2.68. The molecule has 1 aliphatic heterocycles. The third-order valence-corrected chi connectivity index (χ3v) is 10.9. The standard InChI is InChI=1S/C19H29NO2Si/c1-14(13-21)12-16-17(15-10-8-7-9-11-15)20(18(16)22)23(5,6)19(2,3)4/h7-11,16-17,21H,1,12-13H2,2-6H3/t16-,17+/m0/s1. The van der Waals surface area contributed by atoms with Crippen molar-refractivity contribution >= 4 is 14.1 Å². The van der Waals surface area contributed by atoms with Crippen molar-refractivity contribution < 1.29 is 9.90 Å². The van der Waals surface area contributed by atoms with Gasteiger partial charge in [0.05, 0.1) is 18.6 Å². The van der Waals surface area contributed by atoms with E-state index in [1.807, 2.05) is 18.2 Å². The van der Waals surface area contributed by atoms with Gasteiger partial charge in [0, 0.05) is 0 Å². The van der Waals surface area contributed by atoms with Gasteiger partial charge in [0.25, 0.3) is 0 Å². The summed E-state index contributed by atoms with van der Waals surface area (Å²) in [5, 5.41) is 9.39. The number of carbonyl (C=O) groups excluding carboxylic acids is 1. The number of benzene rings is 1. The molecule has 0 spiro atoms. The molecule has 1 fully saturated rings. The first-order valence-electron chi connectivity index (χ1n) is 8.27. The number of nitrogens with zero attached hydrogens (tertiary/aromatic N) is 1. The molecule has 1 aliphatic rings. The lowest BCUT2D eigenvalue weighted by Gasteiger charge is -2.59. The predicted molar refractivity (Wildman–Crippen MR) is 97.6 cm³/mol. The highest BCUT2D eigenvalue weighted by molar-refractivity contribution is 6.80. The molecule has 1 aromatic carbocycles. The van der Waals surface area contributed by atoms with E-state index in [-0.39, 0.29) is 29.5 Å². The second-order valence-corrected chi connectivity index (χ2v) is 13.2. The Bertz CT molecular complexity index is 589. The molecule has 23 heavy (non-hydrogen) atoms. The molecule has 0 bridgehead atoms. The van der Waals surface area contributed by atoms with Gasteiger partial charge < -0.3 is 9.67 Å². The number of β-lactam (4-membered cyclic amide) rings is 1. The molecular formula is C19H29NO2Si. The Kier molecular flexibility index (Phi) is 4.88. The molecule has 1 saturated heterocycles. The summed E-state index contributed by atoms with van der Waals surface area (Å²) >= 11 is 0. The van der Waals surface area contributed by atoms with E-state index in [4.69, 9.17) is 0 Å². The normalized spacial score (nSPS) is 22.0. The fraction of sp³-hybridized carbons (Fsp3) is 0.526. The van der Waals surface area contributed by atoms with Crippen molar-refractivity contribution in [1.29, 1.82) is 0 Å². The largest absolute Gasteiger partial charge is 0.392 e. The maximum absolute atomic E-state index is 12.9. The van der Waals surface area contributed by atoms with Crippen molar-refractivity contribution in [3.63, 3.8) is 0 Å². The van der Waals surface area contributed by atoms with Gasteiger partial charge in [0.2, 0.25) is 5.91 Å². The smallest absolute Gasteiger partial charge is 0.221 e. The minimum Gasteiger partial charge on any atom is -0.392 e. The second-order valence-electron chi connectivity index (χ2n) is 8.09. The quantitative estimate of drug-likeness (QED) is 0.501. The summed E-state index contributed by atoms with van der Waals surface area (Å²) in [6.07, 6.45) is 0.569. The molecule has 1 amide bonds. The lowest BCUT2D eigenvalue weighted by atomic mass is 9.81. The predicted octanol–water partition coefficient (Wildman–Crippen LogP) is 4.13. The molecule has 1 aromatic rings. The van der Waals surface area contributed by atoms with Crippen LogP contribution in [0.25, 0.3) is 0 Å². The Morgan fingerprint density at radius 1 is 1.26 bits per heavy atom. The van der Waals surface area contributed by atoms with Crippen LogP contribution in [0.15, 0.2) is 42.5 Å². The summed E-state index contributed by atoms with van der Waals surface area (Å²) in [7, 11) is -1.94. The first-order chi connectivity index (χ1) is 10.6. The van der Waals surface area contributed by atoms with Crippen LogP contribution in [-0.2, 0) is 4.79 Å². The van der Waals surface area contributed by atoms with Crippen molar-refractivity contribution in [3.05, 3.63) is 48.0 Å². The summed E-state index contributed by atoms with van der Waals surface area (Å²) in [5.74, 6) is 0.131. The van der Waals surface area contributed by atoms with Gasteiger partial charge >= 0.3 is 0 Å². The van der Waals surface area contributed by atoms with Crippen LogP contribution in [0.1, 0.15) is 38.8 Å². The Balaban J connectivity index is 2.39. The number of hydrogen-bond acceptors (Lipinski definition) is 2. The van der Waals surface area contributed by atoms with Crippen LogP contribution in [0.3, 0.4) is 0 Å². The van der Waals surface area contributed by atoms with E-state index in [0.29, 0.717) is 6.42 Å². The average molecular weight is 332 g/mol. The summed E-state index contributed by atoms with van der Waals surface area (Å²) in [4.78, 5) is 12.9. The van der Waals surface area contributed by atoms with Gasteiger partial charge in [-0.3, -0.25) is 4.79 Å². The summed E-state index contributed by atoms with van der Waals surface area (Å²) in [6.45, 7) is 15.1. The Hall–Kier alpha value is -1.39. The maximum Gasteiger partial charge on any atom is 0.221 e. The summed E-state index contributed by atoms with van der Waals surface area (Å²) in [6, 6.07) is 10.4. The second kappa shape index (κ2) is 6.25. The molecule has 0 aromatic heterocycles. The van der Waals surface area contributed by atoms with E-state index >= 15 is 0 Å². The van der Waals surface area contributed by atoms with Crippen molar-refractivity contribution in [1.82, 2.24) is 4.57 Å². The molecule has 2 atom stereocenters. The number of amides is 1. The SMILES string of the molecule is C=C(CO)C[C@@H]1C(=O)N([Si](C)(C)C(C)(C)C)[C@@H]1c1ccccc1. The third-order valence-electron chi connectivity index (χ3n) is 5.52. The van der Waals surface area contributed by atoms with Crippen LogP contribution < -0.4 is 0 Å². The third kappa shape index (κ3) is 3.15. The zero-order valence-corrected chi connectivity index (χ0v) is 16.0. The number of carbonyl (C=O) groups is 1. The monoisotopic (exact) mass is 331 g/mol. The molecule has 0 aliphatic carbocycles. The van der Waals surface area contributed by atoms with E-state index in [1.165, 1.54) is 5.56 Å². The van der Waals surface area contributed by atoms with Crippen molar-refractivity contribution in [2.75, 3.05) is 6.61 Å². The molecule has 3 nitrogen and oxygen atoms in total. The number of aliphatic hydroxyl groups is 1. The molecule has 1 heterocycles. The molecular weight excluding hydrogens is 302 g/mol. The first kappa shape index (κ1) is 18.0. The van der Waals surface area contributed by atoms with Crippen molar-refractivity contribution in [2.24, 2.45) is 5.92 Å². The molecule has 0 radical (unpaired) electrons. The number of aliphatic hydroxyl groups excluding tert-OH is 1. The fourth-order valence-corrected chi connectivity index (χ4v) is 5.60. The number of rotatable bonds is 5. The maximum atomic E-state index is 12.9.